The van der Waals surface area contributed by atoms with Crippen LogP contribution >= 0.6 is 0 Å². The van der Waals surface area contributed by atoms with Crippen molar-refractivity contribution < 1.29 is 19.0 Å². The van der Waals surface area contributed by atoms with Crippen LogP contribution in [0.4, 0.5) is 4.79 Å². The Labute approximate surface area is 142 Å². The van der Waals surface area contributed by atoms with E-state index in [9.17, 15) is 4.79 Å². The van der Waals surface area contributed by atoms with Gasteiger partial charge in [-0.05, 0) is 54.5 Å². The van der Waals surface area contributed by atoms with Crippen LogP contribution in [0.2, 0.25) is 0 Å². The molecule has 3 rings (SSSR count). The summed E-state index contributed by atoms with van der Waals surface area (Å²) in [5.41, 5.74) is 3.39. The predicted molar refractivity (Wildman–Crippen MR) is 91.6 cm³/mol. The van der Waals surface area contributed by atoms with Gasteiger partial charge in [-0.15, -0.1) is 0 Å². The third-order valence-corrected chi connectivity index (χ3v) is 4.26. The Bertz CT molecular complexity index is 702. The van der Waals surface area contributed by atoms with Crippen LogP contribution < -0.4 is 9.47 Å². The maximum Gasteiger partial charge on any atom is 0.513 e. The minimum Gasteiger partial charge on any atom is -0.489 e. The third-order valence-electron chi connectivity index (χ3n) is 4.26. The Balaban J connectivity index is 1.80. The number of ether oxygens (including phenoxy) is 3. The number of rotatable bonds is 6. The van der Waals surface area contributed by atoms with E-state index in [1.165, 1.54) is 31.1 Å². The zero-order valence-corrected chi connectivity index (χ0v) is 14.1. The molecule has 4 nitrogen and oxygen atoms in total. The Hall–Kier alpha value is -2.49. The van der Waals surface area contributed by atoms with Crippen LogP contribution in [-0.4, -0.2) is 13.3 Å². The number of hydrogen-bond acceptors (Lipinski definition) is 4. The van der Waals surface area contributed by atoms with Crippen molar-refractivity contribution in [3.63, 3.8) is 0 Å². The summed E-state index contributed by atoms with van der Waals surface area (Å²) in [5, 5.41) is 0. The molecule has 0 atom stereocenters. The van der Waals surface area contributed by atoms with E-state index in [2.05, 4.69) is 29.9 Å². The predicted octanol–water partition coefficient (Wildman–Crippen LogP) is 4.85. The molecule has 1 saturated carbocycles. The van der Waals surface area contributed by atoms with Crippen molar-refractivity contribution in [2.45, 2.75) is 38.7 Å². The molecule has 1 aliphatic rings. The molecule has 0 aromatic heterocycles. The van der Waals surface area contributed by atoms with Gasteiger partial charge in [0.1, 0.15) is 18.1 Å². The van der Waals surface area contributed by atoms with Crippen LogP contribution in [0.15, 0.2) is 42.5 Å². The largest absolute Gasteiger partial charge is 0.513 e. The molecular formula is C20H22O4. The standard InChI is InChI=1S/C20H22O4/c1-3-14-7-11-16(12-8-14)23-13-18-17(15-9-10-15)5-4-6-19(18)24-20(21)22-2/h4-8,11-12,15H,3,9-10,13H2,1-2H3. The van der Waals surface area contributed by atoms with Crippen LogP contribution in [0.5, 0.6) is 11.5 Å². The van der Waals surface area contributed by atoms with Crippen LogP contribution in [0.25, 0.3) is 0 Å². The Morgan fingerprint density at radius 2 is 1.88 bits per heavy atom. The topological polar surface area (TPSA) is 44.8 Å². The Morgan fingerprint density at radius 3 is 2.50 bits per heavy atom. The highest BCUT2D eigenvalue weighted by molar-refractivity contribution is 5.64. The number of carbonyl (C=O) groups excluding carboxylic acids is 1. The summed E-state index contributed by atoms with van der Waals surface area (Å²) in [5.74, 6) is 1.85. The van der Waals surface area contributed by atoms with Crippen LogP contribution in [0.3, 0.4) is 0 Å². The first kappa shape index (κ1) is 16.4. The molecule has 0 unspecified atom stereocenters. The second-order valence-corrected chi connectivity index (χ2v) is 5.94. The lowest BCUT2D eigenvalue weighted by molar-refractivity contribution is 0.120. The lowest BCUT2D eigenvalue weighted by Crippen LogP contribution is -2.11. The average Bonchev–Trinajstić information content (AvgIpc) is 3.45. The summed E-state index contributed by atoms with van der Waals surface area (Å²) in [6, 6.07) is 13.8. The number of methoxy groups -OCH3 is 1. The lowest BCUT2D eigenvalue weighted by atomic mass is 10.0. The Morgan fingerprint density at radius 1 is 1.12 bits per heavy atom. The fraction of sp³-hybridized carbons (Fsp3) is 0.350. The molecule has 24 heavy (non-hydrogen) atoms. The normalized spacial score (nSPS) is 13.4. The summed E-state index contributed by atoms with van der Waals surface area (Å²) in [6.45, 7) is 2.49. The lowest BCUT2D eigenvalue weighted by Gasteiger charge is -2.15. The molecule has 0 saturated heterocycles. The molecule has 2 aromatic carbocycles. The molecule has 0 amide bonds. The highest BCUT2D eigenvalue weighted by atomic mass is 16.7. The molecule has 0 heterocycles. The van der Waals surface area contributed by atoms with E-state index in [-0.39, 0.29) is 0 Å². The molecule has 1 aliphatic carbocycles. The van der Waals surface area contributed by atoms with Gasteiger partial charge in [-0.25, -0.2) is 4.79 Å². The first-order valence-electron chi connectivity index (χ1n) is 8.30. The summed E-state index contributed by atoms with van der Waals surface area (Å²) >= 11 is 0. The minimum atomic E-state index is -0.712. The smallest absolute Gasteiger partial charge is 0.489 e. The second-order valence-electron chi connectivity index (χ2n) is 5.94. The van der Waals surface area contributed by atoms with E-state index in [1.54, 1.807) is 6.07 Å². The number of hydrogen-bond donors (Lipinski definition) is 0. The van der Waals surface area contributed by atoms with Gasteiger partial charge in [-0.1, -0.05) is 31.2 Å². The van der Waals surface area contributed by atoms with Gasteiger partial charge in [-0.2, -0.15) is 0 Å². The van der Waals surface area contributed by atoms with Gasteiger partial charge >= 0.3 is 6.16 Å². The second kappa shape index (κ2) is 7.39. The fourth-order valence-corrected chi connectivity index (χ4v) is 2.72. The first-order chi connectivity index (χ1) is 11.7. The van der Waals surface area contributed by atoms with Gasteiger partial charge in [0, 0.05) is 5.56 Å². The molecule has 0 bridgehead atoms. The molecule has 0 N–H and O–H groups in total. The van der Waals surface area contributed by atoms with Crippen molar-refractivity contribution in [3.8, 4) is 11.5 Å². The minimum absolute atomic E-state index is 0.366. The average molecular weight is 326 g/mol. The maximum atomic E-state index is 11.5. The quantitative estimate of drug-likeness (QED) is 0.562. The van der Waals surface area contributed by atoms with Crippen molar-refractivity contribution >= 4 is 6.16 Å². The molecule has 2 aromatic rings. The molecule has 126 valence electrons. The van der Waals surface area contributed by atoms with Gasteiger partial charge in [0.2, 0.25) is 0 Å². The van der Waals surface area contributed by atoms with Crippen LogP contribution in [-0.2, 0) is 17.8 Å². The Kier molecular flexibility index (Phi) is 5.04. The van der Waals surface area contributed by atoms with Crippen LogP contribution in [0, 0.1) is 0 Å². The highest BCUT2D eigenvalue weighted by Crippen LogP contribution is 2.44. The van der Waals surface area contributed by atoms with Crippen molar-refractivity contribution in [2.24, 2.45) is 0 Å². The van der Waals surface area contributed by atoms with E-state index in [1.807, 2.05) is 18.2 Å². The van der Waals surface area contributed by atoms with Gasteiger partial charge in [0.25, 0.3) is 0 Å². The summed E-state index contributed by atoms with van der Waals surface area (Å²) in [6.07, 6.45) is 2.62. The van der Waals surface area contributed by atoms with Crippen molar-refractivity contribution in [3.05, 3.63) is 59.2 Å². The van der Waals surface area contributed by atoms with E-state index in [0.29, 0.717) is 18.3 Å². The highest BCUT2D eigenvalue weighted by Gasteiger charge is 2.28. The number of carbonyl (C=O) groups is 1. The van der Waals surface area contributed by atoms with Gasteiger partial charge in [0.05, 0.1) is 7.11 Å². The molecular weight excluding hydrogens is 304 g/mol. The summed E-state index contributed by atoms with van der Waals surface area (Å²) in [4.78, 5) is 11.5. The van der Waals surface area contributed by atoms with Gasteiger partial charge < -0.3 is 14.2 Å². The summed E-state index contributed by atoms with van der Waals surface area (Å²) < 4.78 is 15.8. The summed E-state index contributed by atoms with van der Waals surface area (Å²) in [7, 11) is 1.30. The third kappa shape index (κ3) is 3.88. The van der Waals surface area contributed by atoms with E-state index in [4.69, 9.17) is 9.47 Å². The van der Waals surface area contributed by atoms with E-state index >= 15 is 0 Å². The zero-order chi connectivity index (χ0) is 16.9. The van der Waals surface area contributed by atoms with Gasteiger partial charge in [0.15, 0.2) is 0 Å². The number of benzene rings is 2. The van der Waals surface area contributed by atoms with Crippen molar-refractivity contribution in [1.29, 1.82) is 0 Å². The molecule has 4 heteroatoms. The molecule has 0 aliphatic heterocycles. The van der Waals surface area contributed by atoms with Crippen molar-refractivity contribution in [2.75, 3.05) is 7.11 Å². The monoisotopic (exact) mass is 326 g/mol. The van der Waals surface area contributed by atoms with Gasteiger partial charge in [-0.3, -0.25) is 0 Å². The number of aryl methyl sites for hydroxylation is 1. The SMILES string of the molecule is CCc1ccc(OCc2c(OC(=O)OC)cccc2C2CC2)cc1. The van der Waals surface area contributed by atoms with E-state index in [0.717, 1.165) is 17.7 Å². The molecule has 1 fully saturated rings. The van der Waals surface area contributed by atoms with E-state index < -0.39 is 6.16 Å². The molecule has 0 spiro atoms. The zero-order valence-electron chi connectivity index (χ0n) is 14.1. The van der Waals surface area contributed by atoms with Crippen LogP contribution in [0.1, 0.15) is 42.4 Å². The first-order valence-corrected chi connectivity index (χ1v) is 8.30. The fourth-order valence-electron chi connectivity index (χ4n) is 2.72. The maximum absolute atomic E-state index is 11.5. The molecule has 0 radical (unpaired) electrons. The van der Waals surface area contributed by atoms with Crippen molar-refractivity contribution in [1.82, 2.24) is 0 Å².